The molecule has 0 spiro atoms. The molecule has 0 radical (unpaired) electrons. The lowest BCUT2D eigenvalue weighted by Gasteiger charge is -2.30. The van der Waals surface area contributed by atoms with Crippen LogP contribution in [-0.4, -0.2) is 36.4 Å². The van der Waals surface area contributed by atoms with E-state index in [2.05, 4.69) is 33.4 Å². The van der Waals surface area contributed by atoms with Crippen LogP contribution in [0.15, 0.2) is 0 Å². The molecule has 1 saturated heterocycles. The summed E-state index contributed by atoms with van der Waals surface area (Å²) in [6.45, 7) is 9.91. The zero-order valence-electron chi connectivity index (χ0n) is 12.6. The maximum Gasteiger partial charge on any atom is 0.169 e. The highest BCUT2D eigenvalue weighted by Gasteiger charge is 2.21. The molecule has 0 aromatic carbocycles. The summed E-state index contributed by atoms with van der Waals surface area (Å²) in [7, 11) is 0. The Morgan fingerprint density at radius 1 is 1.40 bits per heavy atom. The molecule has 5 nitrogen and oxygen atoms in total. The van der Waals surface area contributed by atoms with E-state index >= 15 is 0 Å². The third-order valence-corrected chi connectivity index (χ3v) is 4.11. The molecule has 0 amide bonds. The second-order valence-electron chi connectivity index (χ2n) is 5.47. The highest BCUT2D eigenvalue weighted by atomic mass is 15.3. The lowest BCUT2D eigenvalue weighted by atomic mass is 9.98. The fourth-order valence-electron chi connectivity index (χ4n) is 2.71. The van der Waals surface area contributed by atoms with Crippen molar-refractivity contribution in [1.29, 1.82) is 5.26 Å². The summed E-state index contributed by atoms with van der Waals surface area (Å²) in [6, 6.07) is 2.30. The summed E-state index contributed by atoms with van der Waals surface area (Å²) in [4.78, 5) is 2.19. The van der Waals surface area contributed by atoms with E-state index in [9.17, 15) is 5.26 Å². The van der Waals surface area contributed by atoms with Crippen molar-refractivity contribution in [2.45, 2.75) is 33.6 Å². The van der Waals surface area contributed by atoms with Gasteiger partial charge in [0.05, 0.1) is 5.69 Å². The van der Waals surface area contributed by atoms with Gasteiger partial charge < -0.3 is 10.2 Å². The van der Waals surface area contributed by atoms with Gasteiger partial charge in [0.15, 0.2) is 5.82 Å². The molecule has 1 N–H and O–H groups in total. The molecule has 0 saturated carbocycles. The number of rotatable bonds is 4. The number of aryl methyl sites for hydroxylation is 1. The third-order valence-electron chi connectivity index (χ3n) is 4.11. The first kappa shape index (κ1) is 14.7. The Bertz CT molecular complexity index is 500. The summed E-state index contributed by atoms with van der Waals surface area (Å²) in [5.74, 6) is 1.36. The van der Waals surface area contributed by atoms with Gasteiger partial charge in [-0.05, 0) is 58.2 Å². The largest absolute Gasteiger partial charge is 0.354 e. The van der Waals surface area contributed by atoms with Crippen LogP contribution in [0.4, 0.5) is 5.82 Å². The van der Waals surface area contributed by atoms with Gasteiger partial charge >= 0.3 is 0 Å². The van der Waals surface area contributed by atoms with E-state index < -0.39 is 0 Å². The van der Waals surface area contributed by atoms with Gasteiger partial charge in [-0.1, -0.05) is 0 Å². The summed E-state index contributed by atoms with van der Waals surface area (Å²) < 4.78 is 0. The predicted molar refractivity (Wildman–Crippen MR) is 79.7 cm³/mol. The van der Waals surface area contributed by atoms with E-state index in [1.54, 1.807) is 0 Å². The Morgan fingerprint density at radius 3 is 2.80 bits per heavy atom. The third kappa shape index (κ3) is 3.07. The molecule has 1 unspecified atom stereocenters. The topological polar surface area (TPSA) is 64.8 Å². The number of nitrogens with one attached hydrogen (secondary N) is 1. The molecule has 1 aromatic heterocycles. The van der Waals surface area contributed by atoms with Gasteiger partial charge in [-0.25, -0.2) is 0 Å². The SMILES string of the molecule is CCN(CC1CCCNC1)c1nnc(C)c(C)c1C#N. The van der Waals surface area contributed by atoms with Crippen molar-refractivity contribution in [3.63, 3.8) is 0 Å². The van der Waals surface area contributed by atoms with Crippen LogP contribution < -0.4 is 10.2 Å². The maximum absolute atomic E-state index is 9.42. The van der Waals surface area contributed by atoms with Crippen molar-refractivity contribution in [2.24, 2.45) is 5.92 Å². The predicted octanol–water partition coefficient (Wildman–Crippen LogP) is 1.79. The smallest absolute Gasteiger partial charge is 0.169 e. The minimum Gasteiger partial charge on any atom is -0.354 e. The number of hydrogen-bond acceptors (Lipinski definition) is 5. The molecule has 2 heterocycles. The number of nitriles is 1. The first-order valence-electron chi connectivity index (χ1n) is 7.37. The van der Waals surface area contributed by atoms with Gasteiger partial charge in [-0.2, -0.15) is 10.4 Å². The molecule has 1 aromatic rings. The van der Waals surface area contributed by atoms with E-state index in [0.717, 1.165) is 43.3 Å². The van der Waals surface area contributed by atoms with Crippen molar-refractivity contribution >= 4 is 5.82 Å². The van der Waals surface area contributed by atoms with Crippen LogP contribution in [0, 0.1) is 31.1 Å². The molecule has 1 fully saturated rings. The van der Waals surface area contributed by atoms with Crippen LogP contribution in [0.5, 0.6) is 0 Å². The van der Waals surface area contributed by atoms with Crippen LogP contribution in [0.25, 0.3) is 0 Å². The van der Waals surface area contributed by atoms with Crippen LogP contribution in [0.1, 0.15) is 36.6 Å². The molecular weight excluding hydrogens is 250 g/mol. The quantitative estimate of drug-likeness (QED) is 0.906. The summed E-state index contributed by atoms with van der Waals surface area (Å²) in [5, 5.41) is 21.3. The Hall–Kier alpha value is -1.67. The van der Waals surface area contributed by atoms with Gasteiger partial charge in [0.2, 0.25) is 0 Å². The first-order chi connectivity index (χ1) is 9.67. The van der Waals surface area contributed by atoms with Gasteiger partial charge in [0, 0.05) is 13.1 Å². The number of anilines is 1. The second-order valence-corrected chi connectivity index (χ2v) is 5.47. The van der Waals surface area contributed by atoms with E-state index in [-0.39, 0.29) is 0 Å². The second kappa shape index (κ2) is 6.67. The highest BCUT2D eigenvalue weighted by molar-refractivity contribution is 5.57. The lowest BCUT2D eigenvalue weighted by Crippen LogP contribution is -2.39. The normalized spacial score (nSPS) is 18.6. The van der Waals surface area contributed by atoms with Gasteiger partial charge in [-0.3, -0.25) is 0 Å². The van der Waals surface area contributed by atoms with Crippen LogP contribution in [0.2, 0.25) is 0 Å². The molecule has 1 aliphatic heterocycles. The number of nitrogens with zero attached hydrogens (tertiary/aromatic N) is 4. The Labute approximate surface area is 121 Å². The number of aromatic nitrogens is 2. The molecule has 2 rings (SSSR count). The molecule has 108 valence electrons. The number of piperidine rings is 1. The highest BCUT2D eigenvalue weighted by Crippen LogP contribution is 2.23. The van der Waals surface area contributed by atoms with Crippen LogP contribution in [0.3, 0.4) is 0 Å². The minimum atomic E-state index is 0.624. The lowest BCUT2D eigenvalue weighted by molar-refractivity contribution is 0.377. The first-order valence-corrected chi connectivity index (χ1v) is 7.37. The average molecular weight is 273 g/mol. The van der Waals surface area contributed by atoms with Crippen molar-refractivity contribution in [3.05, 3.63) is 16.8 Å². The van der Waals surface area contributed by atoms with Crippen molar-refractivity contribution in [2.75, 3.05) is 31.1 Å². The van der Waals surface area contributed by atoms with Gasteiger partial charge in [0.25, 0.3) is 0 Å². The molecular formula is C15H23N5. The number of hydrogen-bond donors (Lipinski definition) is 1. The fraction of sp³-hybridized carbons (Fsp3) is 0.667. The van der Waals surface area contributed by atoms with Crippen molar-refractivity contribution in [1.82, 2.24) is 15.5 Å². The molecule has 1 atom stereocenters. The summed E-state index contributed by atoms with van der Waals surface area (Å²) in [6.07, 6.45) is 2.47. The monoisotopic (exact) mass is 273 g/mol. The van der Waals surface area contributed by atoms with Crippen molar-refractivity contribution in [3.8, 4) is 6.07 Å². The molecule has 1 aliphatic rings. The fourth-order valence-corrected chi connectivity index (χ4v) is 2.71. The maximum atomic E-state index is 9.42. The van der Waals surface area contributed by atoms with Gasteiger partial charge in [-0.15, -0.1) is 5.10 Å². The van der Waals surface area contributed by atoms with E-state index in [4.69, 9.17) is 0 Å². The van der Waals surface area contributed by atoms with E-state index in [1.807, 2.05) is 13.8 Å². The molecule has 0 bridgehead atoms. The zero-order valence-corrected chi connectivity index (χ0v) is 12.6. The van der Waals surface area contributed by atoms with Crippen LogP contribution >= 0.6 is 0 Å². The van der Waals surface area contributed by atoms with E-state index in [0.29, 0.717) is 11.5 Å². The summed E-state index contributed by atoms with van der Waals surface area (Å²) >= 11 is 0. The van der Waals surface area contributed by atoms with Crippen molar-refractivity contribution < 1.29 is 0 Å². The molecule has 0 aliphatic carbocycles. The Balaban J connectivity index is 2.23. The molecule has 5 heteroatoms. The van der Waals surface area contributed by atoms with Crippen LogP contribution in [-0.2, 0) is 0 Å². The Kier molecular flexibility index (Phi) is 4.91. The van der Waals surface area contributed by atoms with E-state index in [1.165, 1.54) is 12.8 Å². The Morgan fingerprint density at radius 2 is 2.20 bits per heavy atom. The summed E-state index contributed by atoms with van der Waals surface area (Å²) in [5.41, 5.74) is 2.45. The minimum absolute atomic E-state index is 0.624. The standard InChI is InChI=1S/C15H23N5/c1-4-20(10-13-6-5-7-17-9-13)15-14(8-16)11(2)12(3)18-19-15/h13,17H,4-7,9-10H2,1-3H3. The molecule has 20 heavy (non-hydrogen) atoms. The zero-order chi connectivity index (χ0) is 14.5. The average Bonchev–Trinajstić information content (AvgIpc) is 2.48. The van der Waals surface area contributed by atoms with Gasteiger partial charge in [0.1, 0.15) is 11.6 Å².